The van der Waals surface area contributed by atoms with Crippen LogP contribution in [0.2, 0.25) is 0 Å². The zero-order chi connectivity index (χ0) is 23.2. The van der Waals surface area contributed by atoms with Gasteiger partial charge in [-0.25, -0.2) is 0 Å². The van der Waals surface area contributed by atoms with Crippen LogP contribution in [0.4, 0.5) is 5.69 Å². The zero-order valence-electron chi connectivity index (χ0n) is 19.3. The van der Waals surface area contributed by atoms with E-state index in [0.717, 1.165) is 35.1 Å². The second kappa shape index (κ2) is 10.7. The molecule has 4 rings (SSSR count). The Morgan fingerprint density at radius 1 is 1.03 bits per heavy atom. The number of para-hydroxylation sites is 1. The predicted molar refractivity (Wildman–Crippen MR) is 131 cm³/mol. The van der Waals surface area contributed by atoms with Crippen molar-refractivity contribution >= 4 is 23.4 Å². The fourth-order valence-electron chi connectivity index (χ4n) is 4.17. The number of amides is 1. The smallest absolute Gasteiger partial charge is 0.237 e. The largest absolute Gasteiger partial charge is 0.493 e. The molecule has 0 radical (unpaired) electrons. The molecule has 1 aromatic heterocycles. The van der Waals surface area contributed by atoms with Crippen LogP contribution < -0.4 is 14.8 Å². The molecule has 174 valence electrons. The van der Waals surface area contributed by atoms with Crippen LogP contribution in [0.1, 0.15) is 45.1 Å². The number of ether oxygens (including phenoxy) is 2. The van der Waals surface area contributed by atoms with E-state index in [1.807, 2.05) is 55.5 Å². The van der Waals surface area contributed by atoms with Crippen LogP contribution in [0.25, 0.3) is 11.4 Å². The molecule has 1 N–H and O–H groups in total. The van der Waals surface area contributed by atoms with E-state index in [0.29, 0.717) is 17.5 Å². The number of carbonyl (C=O) groups is 1. The Morgan fingerprint density at radius 2 is 1.76 bits per heavy atom. The molecule has 8 heteroatoms. The van der Waals surface area contributed by atoms with Crippen LogP contribution in [0, 0.1) is 0 Å². The normalized spacial score (nSPS) is 15.1. The van der Waals surface area contributed by atoms with Gasteiger partial charge in [0.25, 0.3) is 0 Å². The van der Waals surface area contributed by atoms with E-state index in [-0.39, 0.29) is 11.2 Å². The Balaban J connectivity index is 1.63. The van der Waals surface area contributed by atoms with Gasteiger partial charge in [0.2, 0.25) is 5.91 Å². The molecule has 1 amide bonds. The molecule has 0 aliphatic heterocycles. The van der Waals surface area contributed by atoms with Crippen molar-refractivity contribution in [2.45, 2.75) is 55.5 Å². The van der Waals surface area contributed by atoms with Gasteiger partial charge in [0.15, 0.2) is 22.5 Å². The number of hydrogen-bond donors (Lipinski definition) is 1. The van der Waals surface area contributed by atoms with Gasteiger partial charge < -0.3 is 14.8 Å². The zero-order valence-corrected chi connectivity index (χ0v) is 20.1. The Bertz CT molecular complexity index is 1080. The number of nitrogens with one attached hydrogen (secondary N) is 1. The first-order chi connectivity index (χ1) is 16.1. The van der Waals surface area contributed by atoms with Crippen molar-refractivity contribution in [3.63, 3.8) is 0 Å². The Hall–Kier alpha value is -3.00. The minimum absolute atomic E-state index is 0.0583. The molecule has 2 aromatic carbocycles. The number of aromatic nitrogens is 3. The quantitative estimate of drug-likeness (QED) is 0.436. The van der Waals surface area contributed by atoms with Gasteiger partial charge in [-0.1, -0.05) is 49.2 Å². The molecule has 1 heterocycles. The maximum atomic E-state index is 12.8. The first-order valence-corrected chi connectivity index (χ1v) is 12.2. The summed E-state index contributed by atoms with van der Waals surface area (Å²) in [5.41, 5.74) is 1.70. The van der Waals surface area contributed by atoms with E-state index in [1.54, 1.807) is 14.2 Å². The molecule has 1 fully saturated rings. The van der Waals surface area contributed by atoms with Crippen LogP contribution in [-0.4, -0.2) is 40.1 Å². The second-order valence-corrected chi connectivity index (χ2v) is 9.46. The summed E-state index contributed by atoms with van der Waals surface area (Å²) in [4.78, 5) is 12.8. The molecular formula is C25H30N4O3S. The third-order valence-electron chi connectivity index (χ3n) is 5.94. The summed E-state index contributed by atoms with van der Waals surface area (Å²) in [5.74, 6) is 2.06. The first-order valence-electron chi connectivity index (χ1n) is 11.3. The minimum Gasteiger partial charge on any atom is -0.493 e. The Morgan fingerprint density at radius 3 is 2.45 bits per heavy atom. The van der Waals surface area contributed by atoms with Gasteiger partial charge in [0, 0.05) is 17.3 Å². The molecule has 7 nitrogen and oxygen atoms in total. The van der Waals surface area contributed by atoms with E-state index in [2.05, 4.69) is 20.1 Å². The topological polar surface area (TPSA) is 78.3 Å². The lowest BCUT2D eigenvalue weighted by atomic mass is 9.95. The van der Waals surface area contributed by atoms with Gasteiger partial charge in [-0.2, -0.15) is 0 Å². The third-order valence-corrected chi connectivity index (χ3v) is 7.00. The van der Waals surface area contributed by atoms with Gasteiger partial charge >= 0.3 is 0 Å². The first kappa shape index (κ1) is 23.2. The molecule has 0 bridgehead atoms. The van der Waals surface area contributed by atoms with E-state index in [4.69, 9.17) is 9.47 Å². The number of rotatable bonds is 8. The van der Waals surface area contributed by atoms with Crippen molar-refractivity contribution in [2.24, 2.45) is 0 Å². The van der Waals surface area contributed by atoms with Gasteiger partial charge in [-0.15, -0.1) is 10.2 Å². The van der Waals surface area contributed by atoms with Crippen LogP contribution in [-0.2, 0) is 4.79 Å². The SMILES string of the molecule is COc1ccc(-c2nnc(SC(C)C(=O)Nc3ccccc3)n2C2CCCCC2)cc1OC. The highest BCUT2D eigenvalue weighted by Gasteiger charge is 2.27. The molecule has 1 saturated carbocycles. The average Bonchev–Trinajstić information content (AvgIpc) is 3.28. The molecule has 1 unspecified atom stereocenters. The molecular weight excluding hydrogens is 436 g/mol. The predicted octanol–water partition coefficient (Wildman–Crippen LogP) is 5.59. The molecule has 0 spiro atoms. The summed E-state index contributed by atoms with van der Waals surface area (Å²) in [7, 11) is 3.25. The Labute approximate surface area is 198 Å². The van der Waals surface area contributed by atoms with Crippen molar-refractivity contribution in [2.75, 3.05) is 19.5 Å². The van der Waals surface area contributed by atoms with E-state index in [1.165, 1.54) is 31.0 Å². The van der Waals surface area contributed by atoms with Crippen LogP contribution in [0.5, 0.6) is 11.5 Å². The number of carbonyl (C=O) groups excluding carboxylic acids is 1. The van der Waals surface area contributed by atoms with E-state index in [9.17, 15) is 4.79 Å². The maximum absolute atomic E-state index is 12.8. The van der Waals surface area contributed by atoms with Gasteiger partial charge in [0.05, 0.1) is 19.5 Å². The summed E-state index contributed by atoms with van der Waals surface area (Å²) >= 11 is 1.45. The fraction of sp³-hybridized carbons (Fsp3) is 0.400. The van der Waals surface area contributed by atoms with Crippen molar-refractivity contribution in [3.8, 4) is 22.9 Å². The monoisotopic (exact) mass is 466 g/mol. The van der Waals surface area contributed by atoms with Gasteiger partial charge in [0.1, 0.15) is 0 Å². The summed E-state index contributed by atoms with van der Waals surface area (Å²) in [6.45, 7) is 1.90. The maximum Gasteiger partial charge on any atom is 0.237 e. The molecule has 1 atom stereocenters. The average molecular weight is 467 g/mol. The minimum atomic E-state index is -0.324. The number of anilines is 1. The summed E-state index contributed by atoms with van der Waals surface area (Å²) in [6.07, 6.45) is 5.78. The second-order valence-electron chi connectivity index (χ2n) is 8.15. The molecule has 1 aliphatic rings. The summed E-state index contributed by atoms with van der Waals surface area (Å²) in [6, 6.07) is 15.6. The number of benzene rings is 2. The number of nitrogens with zero attached hydrogens (tertiary/aromatic N) is 3. The summed E-state index contributed by atoms with van der Waals surface area (Å²) in [5, 5.41) is 12.5. The van der Waals surface area contributed by atoms with Crippen molar-refractivity contribution in [1.29, 1.82) is 0 Å². The van der Waals surface area contributed by atoms with Crippen LogP contribution in [0.15, 0.2) is 53.7 Å². The molecule has 1 aliphatic carbocycles. The van der Waals surface area contributed by atoms with Crippen LogP contribution >= 0.6 is 11.8 Å². The van der Waals surface area contributed by atoms with E-state index < -0.39 is 0 Å². The lowest BCUT2D eigenvalue weighted by molar-refractivity contribution is -0.115. The molecule has 33 heavy (non-hydrogen) atoms. The highest BCUT2D eigenvalue weighted by atomic mass is 32.2. The van der Waals surface area contributed by atoms with Gasteiger partial charge in [-0.3, -0.25) is 9.36 Å². The summed E-state index contributed by atoms with van der Waals surface area (Å²) < 4.78 is 13.1. The molecule has 0 saturated heterocycles. The van der Waals surface area contributed by atoms with Crippen molar-refractivity contribution < 1.29 is 14.3 Å². The van der Waals surface area contributed by atoms with E-state index >= 15 is 0 Å². The lowest BCUT2D eigenvalue weighted by Gasteiger charge is -2.26. The van der Waals surface area contributed by atoms with Crippen molar-refractivity contribution in [1.82, 2.24) is 14.8 Å². The van der Waals surface area contributed by atoms with Crippen LogP contribution in [0.3, 0.4) is 0 Å². The highest BCUT2D eigenvalue weighted by molar-refractivity contribution is 8.00. The lowest BCUT2D eigenvalue weighted by Crippen LogP contribution is -2.23. The van der Waals surface area contributed by atoms with Gasteiger partial charge in [-0.05, 0) is 50.1 Å². The highest BCUT2D eigenvalue weighted by Crippen LogP contribution is 2.38. The van der Waals surface area contributed by atoms with Crippen molar-refractivity contribution in [3.05, 3.63) is 48.5 Å². The molecule has 3 aromatic rings. The third kappa shape index (κ3) is 5.33. The standard InChI is InChI=1S/C25H30N4O3S/c1-17(24(30)26-19-10-6-4-7-11-19)33-25-28-27-23(29(25)20-12-8-5-9-13-20)18-14-15-21(31-2)22(16-18)32-3/h4,6-7,10-11,14-17,20H,5,8-9,12-13H2,1-3H3,(H,26,30). The number of thioether (sulfide) groups is 1. The number of hydrogen-bond acceptors (Lipinski definition) is 6. The fourth-order valence-corrected chi connectivity index (χ4v) is 5.09. The Kier molecular flexibility index (Phi) is 7.54. The number of methoxy groups -OCH3 is 2.